The third-order valence-electron chi connectivity index (χ3n) is 4.78. The first-order valence-corrected chi connectivity index (χ1v) is 8.88. The van der Waals surface area contributed by atoms with Gasteiger partial charge in [0.1, 0.15) is 0 Å². The summed E-state index contributed by atoms with van der Waals surface area (Å²) in [7, 11) is 0. The highest BCUT2D eigenvalue weighted by Crippen LogP contribution is 2.17. The maximum atomic E-state index is 12.3. The molecule has 0 aromatic carbocycles. The van der Waals surface area contributed by atoms with Crippen LogP contribution in [0.2, 0.25) is 0 Å². The van der Waals surface area contributed by atoms with E-state index in [-0.39, 0.29) is 36.8 Å². The molecular weight excluding hydrogens is 363 g/mol. The Hall–Kier alpha value is -0.890. The zero-order valence-electron chi connectivity index (χ0n) is 14.8. The fourth-order valence-electron chi connectivity index (χ4n) is 3.50. The molecule has 1 amide bonds. The predicted molar refractivity (Wildman–Crippen MR) is 103 cm³/mol. The van der Waals surface area contributed by atoms with E-state index in [4.69, 9.17) is 0 Å². The monoisotopic (exact) mass is 392 g/mol. The fraction of sp³-hybridized carbons (Fsp3) is 0.812. The van der Waals surface area contributed by atoms with Crippen LogP contribution in [-0.2, 0) is 0 Å². The lowest BCUT2D eigenvalue weighted by atomic mass is 10.1. The highest BCUT2D eigenvalue weighted by molar-refractivity contribution is 5.92. The summed E-state index contributed by atoms with van der Waals surface area (Å²) in [5, 5.41) is 14.6. The van der Waals surface area contributed by atoms with Gasteiger partial charge in [-0.25, -0.2) is 4.68 Å². The van der Waals surface area contributed by atoms with Gasteiger partial charge in [0.25, 0.3) is 5.91 Å². The second-order valence-corrected chi connectivity index (χ2v) is 6.80. The molecule has 2 fully saturated rings. The maximum absolute atomic E-state index is 12.3. The molecule has 3 rings (SSSR count). The van der Waals surface area contributed by atoms with Gasteiger partial charge in [-0.15, -0.1) is 29.9 Å². The van der Waals surface area contributed by atoms with E-state index in [0.717, 1.165) is 45.6 Å². The van der Waals surface area contributed by atoms with Crippen LogP contribution in [0.15, 0.2) is 6.20 Å². The normalized spacial score (nSPS) is 20.2. The van der Waals surface area contributed by atoms with Gasteiger partial charge in [-0.1, -0.05) is 11.6 Å². The molecule has 2 N–H and O–H groups in total. The van der Waals surface area contributed by atoms with E-state index in [1.165, 1.54) is 19.3 Å². The predicted octanol–water partition coefficient (Wildman–Crippen LogP) is 1.65. The SMILES string of the molecule is CC(CN1CCCCC1)NC(=O)c1cn(C2CCNCC2)nn1.Cl.Cl. The number of carbonyl (C=O) groups is 1. The van der Waals surface area contributed by atoms with Crippen molar-refractivity contribution in [3.8, 4) is 0 Å². The van der Waals surface area contributed by atoms with Gasteiger partial charge in [-0.05, 0) is 58.8 Å². The van der Waals surface area contributed by atoms with Gasteiger partial charge < -0.3 is 15.5 Å². The molecule has 1 unspecified atom stereocenters. The minimum atomic E-state index is -0.116. The topological polar surface area (TPSA) is 75.1 Å². The third kappa shape index (κ3) is 6.40. The minimum Gasteiger partial charge on any atom is -0.347 e. The number of carbonyl (C=O) groups excluding carboxylic acids is 1. The molecule has 2 saturated heterocycles. The van der Waals surface area contributed by atoms with E-state index >= 15 is 0 Å². The first-order chi connectivity index (χ1) is 11.2. The molecule has 0 radical (unpaired) electrons. The minimum absolute atomic E-state index is 0. The van der Waals surface area contributed by atoms with Crippen LogP contribution in [0.5, 0.6) is 0 Å². The van der Waals surface area contributed by atoms with E-state index < -0.39 is 0 Å². The number of rotatable bonds is 5. The number of piperidine rings is 2. The van der Waals surface area contributed by atoms with E-state index in [1.807, 2.05) is 4.68 Å². The summed E-state index contributed by atoms with van der Waals surface area (Å²) in [6.07, 6.45) is 7.73. The molecule has 144 valence electrons. The van der Waals surface area contributed by atoms with Gasteiger partial charge in [0, 0.05) is 12.6 Å². The van der Waals surface area contributed by atoms with Crippen LogP contribution in [0.4, 0.5) is 0 Å². The average molecular weight is 393 g/mol. The second kappa shape index (κ2) is 11.0. The summed E-state index contributed by atoms with van der Waals surface area (Å²) in [5.74, 6) is -0.116. The van der Waals surface area contributed by atoms with Gasteiger partial charge in [0.15, 0.2) is 5.69 Å². The molecule has 2 aliphatic heterocycles. The summed E-state index contributed by atoms with van der Waals surface area (Å²) in [5.41, 5.74) is 0.425. The Bertz CT molecular complexity index is 514. The highest BCUT2D eigenvalue weighted by Gasteiger charge is 2.20. The summed E-state index contributed by atoms with van der Waals surface area (Å²) in [6.45, 7) is 7.26. The second-order valence-electron chi connectivity index (χ2n) is 6.80. The van der Waals surface area contributed by atoms with Gasteiger partial charge in [0.2, 0.25) is 0 Å². The molecule has 9 heteroatoms. The van der Waals surface area contributed by atoms with Crippen molar-refractivity contribution in [2.45, 2.75) is 51.1 Å². The van der Waals surface area contributed by atoms with Crippen molar-refractivity contribution < 1.29 is 4.79 Å². The molecule has 2 aliphatic rings. The first-order valence-electron chi connectivity index (χ1n) is 8.88. The van der Waals surface area contributed by atoms with Crippen LogP contribution in [0.1, 0.15) is 55.6 Å². The zero-order valence-corrected chi connectivity index (χ0v) is 16.4. The number of amides is 1. The lowest BCUT2D eigenvalue weighted by Crippen LogP contribution is -2.43. The van der Waals surface area contributed by atoms with Gasteiger partial charge in [-0.3, -0.25) is 4.79 Å². The van der Waals surface area contributed by atoms with Crippen LogP contribution < -0.4 is 10.6 Å². The molecule has 1 aromatic rings. The molecule has 1 atom stereocenters. The maximum Gasteiger partial charge on any atom is 0.273 e. The number of hydrogen-bond acceptors (Lipinski definition) is 5. The van der Waals surface area contributed by atoms with Crippen molar-refractivity contribution >= 4 is 30.7 Å². The molecule has 1 aromatic heterocycles. The number of halogens is 2. The van der Waals surface area contributed by atoms with E-state index in [0.29, 0.717) is 11.7 Å². The number of nitrogens with one attached hydrogen (secondary N) is 2. The Morgan fingerprint density at radius 1 is 1.28 bits per heavy atom. The standard InChI is InChI=1S/C16H28N6O.2ClH/c1-13(11-21-9-3-2-4-10-21)18-16(23)15-12-22(20-19-15)14-5-7-17-8-6-14;;/h12-14,17H,2-11H2,1H3,(H,18,23);2*1H. The first kappa shape index (κ1) is 22.2. The van der Waals surface area contributed by atoms with Crippen molar-refractivity contribution in [1.82, 2.24) is 30.5 Å². The molecular formula is C16H30Cl2N6O. The van der Waals surface area contributed by atoms with Crippen LogP contribution in [0.3, 0.4) is 0 Å². The van der Waals surface area contributed by atoms with Crippen LogP contribution >= 0.6 is 24.8 Å². The number of hydrogen-bond donors (Lipinski definition) is 2. The number of likely N-dealkylation sites (tertiary alicyclic amines) is 1. The Morgan fingerprint density at radius 2 is 1.96 bits per heavy atom. The third-order valence-corrected chi connectivity index (χ3v) is 4.78. The Kier molecular flexibility index (Phi) is 9.71. The van der Waals surface area contributed by atoms with E-state index in [9.17, 15) is 4.79 Å². The highest BCUT2D eigenvalue weighted by atomic mass is 35.5. The molecule has 25 heavy (non-hydrogen) atoms. The fourth-order valence-corrected chi connectivity index (χ4v) is 3.50. The van der Waals surface area contributed by atoms with Crippen molar-refractivity contribution in [2.24, 2.45) is 0 Å². The molecule has 0 spiro atoms. The van der Waals surface area contributed by atoms with E-state index in [1.54, 1.807) is 6.20 Å². The Labute approximate surface area is 162 Å². The van der Waals surface area contributed by atoms with Gasteiger partial charge in [0.05, 0.1) is 12.2 Å². The smallest absolute Gasteiger partial charge is 0.273 e. The Balaban J connectivity index is 0.00000156. The van der Waals surface area contributed by atoms with Crippen LogP contribution in [-0.4, -0.2) is 64.6 Å². The lowest BCUT2D eigenvalue weighted by molar-refractivity contribution is 0.0920. The largest absolute Gasteiger partial charge is 0.347 e. The van der Waals surface area contributed by atoms with Crippen molar-refractivity contribution in [3.05, 3.63) is 11.9 Å². The molecule has 0 aliphatic carbocycles. The van der Waals surface area contributed by atoms with Gasteiger partial charge in [-0.2, -0.15) is 0 Å². The van der Waals surface area contributed by atoms with Crippen molar-refractivity contribution in [2.75, 3.05) is 32.7 Å². The van der Waals surface area contributed by atoms with Crippen LogP contribution in [0, 0.1) is 0 Å². The van der Waals surface area contributed by atoms with Crippen molar-refractivity contribution in [1.29, 1.82) is 0 Å². The van der Waals surface area contributed by atoms with Gasteiger partial charge >= 0.3 is 0 Å². The number of nitrogens with zero attached hydrogens (tertiary/aromatic N) is 4. The quantitative estimate of drug-likeness (QED) is 0.796. The summed E-state index contributed by atoms with van der Waals surface area (Å²) < 4.78 is 1.85. The van der Waals surface area contributed by atoms with E-state index in [2.05, 4.69) is 32.8 Å². The summed E-state index contributed by atoms with van der Waals surface area (Å²) >= 11 is 0. The molecule has 7 nitrogen and oxygen atoms in total. The Morgan fingerprint density at radius 3 is 2.64 bits per heavy atom. The molecule has 3 heterocycles. The summed E-state index contributed by atoms with van der Waals surface area (Å²) in [6, 6.07) is 0.487. The number of aromatic nitrogens is 3. The lowest BCUT2D eigenvalue weighted by Gasteiger charge is -2.29. The average Bonchev–Trinajstić information content (AvgIpc) is 3.06. The van der Waals surface area contributed by atoms with Crippen LogP contribution in [0.25, 0.3) is 0 Å². The zero-order chi connectivity index (χ0) is 16.1. The summed E-state index contributed by atoms with van der Waals surface area (Å²) in [4.78, 5) is 14.8. The molecule has 0 bridgehead atoms. The van der Waals surface area contributed by atoms with Crippen molar-refractivity contribution in [3.63, 3.8) is 0 Å². The molecule has 0 saturated carbocycles.